The molecule has 2 amide bonds. The lowest BCUT2D eigenvalue weighted by Gasteiger charge is -2.23. The SMILES string of the molecule is CCCCCNC(=O)C1CCC(=O)N1S(=O)(=O)c1ccccc1. The van der Waals surface area contributed by atoms with E-state index in [1.807, 2.05) is 0 Å². The summed E-state index contributed by atoms with van der Waals surface area (Å²) in [6.07, 6.45) is 3.17. The molecule has 23 heavy (non-hydrogen) atoms. The van der Waals surface area contributed by atoms with Crippen molar-refractivity contribution in [3.8, 4) is 0 Å². The Morgan fingerprint density at radius 1 is 1.26 bits per heavy atom. The normalized spacial score (nSPS) is 18.2. The summed E-state index contributed by atoms with van der Waals surface area (Å²) in [5, 5.41) is 2.74. The van der Waals surface area contributed by atoms with Gasteiger partial charge in [-0.1, -0.05) is 38.0 Å². The smallest absolute Gasteiger partial charge is 0.267 e. The number of sulfonamides is 1. The topological polar surface area (TPSA) is 83.6 Å². The third-order valence-corrected chi connectivity index (χ3v) is 5.69. The number of benzene rings is 1. The number of nitrogens with zero attached hydrogens (tertiary/aromatic N) is 1. The van der Waals surface area contributed by atoms with Gasteiger partial charge in [-0.3, -0.25) is 9.59 Å². The Morgan fingerprint density at radius 3 is 2.61 bits per heavy atom. The second-order valence-electron chi connectivity index (χ2n) is 5.56. The van der Waals surface area contributed by atoms with E-state index in [0.717, 1.165) is 23.6 Å². The van der Waals surface area contributed by atoms with Crippen molar-refractivity contribution in [1.82, 2.24) is 9.62 Å². The highest BCUT2D eigenvalue weighted by Gasteiger charge is 2.43. The van der Waals surface area contributed by atoms with Gasteiger partial charge in [0.2, 0.25) is 11.8 Å². The summed E-state index contributed by atoms with van der Waals surface area (Å²) in [5.41, 5.74) is 0. The van der Waals surface area contributed by atoms with Crippen LogP contribution in [-0.2, 0) is 19.6 Å². The molecule has 0 saturated carbocycles. The van der Waals surface area contributed by atoms with E-state index in [1.165, 1.54) is 12.1 Å². The second kappa shape index (κ2) is 7.59. The third kappa shape index (κ3) is 3.90. The Kier molecular flexibility index (Phi) is 5.76. The minimum absolute atomic E-state index is 0.0269. The van der Waals surface area contributed by atoms with Gasteiger partial charge in [-0.25, -0.2) is 12.7 Å². The lowest BCUT2D eigenvalue weighted by Crippen LogP contribution is -2.47. The molecule has 6 nitrogen and oxygen atoms in total. The van der Waals surface area contributed by atoms with Crippen LogP contribution in [-0.4, -0.2) is 37.1 Å². The predicted octanol–water partition coefficient (Wildman–Crippen LogP) is 1.67. The quantitative estimate of drug-likeness (QED) is 0.767. The molecule has 7 heteroatoms. The summed E-state index contributed by atoms with van der Waals surface area (Å²) in [7, 11) is -3.99. The number of amides is 2. The van der Waals surface area contributed by atoms with E-state index < -0.39 is 27.9 Å². The van der Waals surface area contributed by atoms with Gasteiger partial charge >= 0.3 is 0 Å². The summed E-state index contributed by atoms with van der Waals surface area (Å²) in [5.74, 6) is -0.922. The lowest BCUT2D eigenvalue weighted by molar-refractivity contribution is -0.130. The van der Waals surface area contributed by atoms with E-state index in [-0.39, 0.29) is 17.7 Å². The van der Waals surface area contributed by atoms with E-state index in [2.05, 4.69) is 12.2 Å². The Balaban J connectivity index is 2.15. The van der Waals surface area contributed by atoms with Crippen molar-refractivity contribution in [3.05, 3.63) is 30.3 Å². The number of carbonyl (C=O) groups excluding carboxylic acids is 2. The van der Waals surface area contributed by atoms with Crippen LogP contribution in [0, 0.1) is 0 Å². The first-order valence-electron chi connectivity index (χ1n) is 7.88. The molecule has 0 radical (unpaired) electrons. The van der Waals surface area contributed by atoms with E-state index in [1.54, 1.807) is 18.2 Å². The van der Waals surface area contributed by atoms with Gasteiger partial charge in [-0.05, 0) is 25.0 Å². The van der Waals surface area contributed by atoms with Crippen molar-refractivity contribution in [2.75, 3.05) is 6.54 Å². The van der Waals surface area contributed by atoms with Crippen LogP contribution < -0.4 is 5.32 Å². The van der Waals surface area contributed by atoms with Crippen molar-refractivity contribution in [1.29, 1.82) is 0 Å². The molecule has 1 saturated heterocycles. The molecule has 2 rings (SSSR count). The maximum absolute atomic E-state index is 12.7. The minimum atomic E-state index is -3.99. The molecule has 1 aromatic carbocycles. The zero-order chi connectivity index (χ0) is 16.9. The Morgan fingerprint density at radius 2 is 1.96 bits per heavy atom. The number of nitrogens with one attached hydrogen (secondary N) is 1. The molecule has 0 aromatic heterocycles. The fourth-order valence-electron chi connectivity index (χ4n) is 2.61. The van der Waals surface area contributed by atoms with Gasteiger partial charge in [0, 0.05) is 13.0 Å². The van der Waals surface area contributed by atoms with Crippen LogP contribution in [0.15, 0.2) is 35.2 Å². The van der Waals surface area contributed by atoms with E-state index in [0.29, 0.717) is 6.54 Å². The van der Waals surface area contributed by atoms with Crippen molar-refractivity contribution in [3.63, 3.8) is 0 Å². The maximum atomic E-state index is 12.7. The number of hydrogen-bond donors (Lipinski definition) is 1. The van der Waals surface area contributed by atoms with Gasteiger partial charge < -0.3 is 5.32 Å². The van der Waals surface area contributed by atoms with Gasteiger partial charge in [0.05, 0.1) is 4.90 Å². The largest absolute Gasteiger partial charge is 0.354 e. The van der Waals surface area contributed by atoms with Crippen LogP contribution >= 0.6 is 0 Å². The maximum Gasteiger partial charge on any atom is 0.267 e. The molecule has 1 fully saturated rings. The molecule has 1 N–H and O–H groups in total. The molecule has 1 aliphatic heterocycles. The average molecular weight is 338 g/mol. The number of rotatable bonds is 7. The Labute approximate surface area is 136 Å². The molecule has 1 aromatic rings. The van der Waals surface area contributed by atoms with Crippen molar-refractivity contribution < 1.29 is 18.0 Å². The summed E-state index contributed by atoms with van der Waals surface area (Å²) >= 11 is 0. The van der Waals surface area contributed by atoms with Crippen LogP contribution in [0.1, 0.15) is 39.0 Å². The predicted molar refractivity (Wildman–Crippen MR) is 86.0 cm³/mol. The van der Waals surface area contributed by atoms with Gasteiger partial charge in [-0.2, -0.15) is 0 Å². The van der Waals surface area contributed by atoms with Crippen LogP contribution in [0.3, 0.4) is 0 Å². The molecule has 1 unspecified atom stereocenters. The molecule has 126 valence electrons. The van der Waals surface area contributed by atoms with Crippen molar-refractivity contribution in [2.45, 2.75) is 50.0 Å². The van der Waals surface area contributed by atoms with Crippen LogP contribution in [0.5, 0.6) is 0 Å². The van der Waals surface area contributed by atoms with Crippen molar-refractivity contribution in [2.24, 2.45) is 0 Å². The molecule has 1 aliphatic rings. The monoisotopic (exact) mass is 338 g/mol. The molecule has 1 heterocycles. The Bertz CT molecular complexity index is 658. The van der Waals surface area contributed by atoms with E-state index in [9.17, 15) is 18.0 Å². The summed E-state index contributed by atoms with van der Waals surface area (Å²) in [4.78, 5) is 24.4. The first-order chi connectivity index (χ1) is 11.0. The summed E-state index contributed by atoms with van der Waals surface area (Å²) < 4.78 is 26.1. The Hall–Kier alpha value is -1.89. The highest BCUT2D eigenvalue weighted by Crippen LogP contribution is 2.27. The van der Waals surface area contributed by atoms with Gasteiger partial charge in [-0.15, -0.1) is 0 Å². The lowest BCUT2D eigenvalue weighted by atomic mass is 10.2. The summed E-state index contributed by atoms with van der Waals surface area (Å²) in [6, 6.07) is 6.78. The fourth-order valence-corrected chi connectivity index (χ4v) is 4.23. The number of carbonyl (C=O) groups is 2. The van der Waals surface area contributed by atoms with Crippen LogP contribution in [0.4, 0.5) is 0 Å². The third-order valence-electron chi connectivity index (χ3n) is 3.84. The van der Waals surface area contributed by atoms with E-state index >= 15 is 0 Å². The van der Waals surface area contributed by atoms with Crippen molar-refractivity contribution >= 4 is 21.8 Å². The zero-order valence-corrected chi connectivity index (χ0v) is 14.0. The van der Waals surface area contributed by atoms with Crippen LogP contribution in [0.2, 0.25) is 0 Å². The molecule has 0 bridgehead atoms. The highest BCUT2D eigenvalue weighted by atomic mass is 32.2. The van der Waals surface area contributed by atoms with Crippen LogP contribution in [0.25, 0.3) is 0 Å². The first kappa shape index (κ1) is 17.5. The van der Waals surface area contributed by atoms with Gasteiger partial charge in [0.15, 0.2) is 0 Å². The van der Waals surface area contributed by atoms with Gasteiger partial charge in [0.25, 0.3) is 10.0 Å². The first-order valence-corrected chi connectivity index (χ1v) is 9.32. The standard InChI is InChI=1S/C16H22N2O4S/c1-2-3-7-12-17-16(20)14-10-11-15(19)18(14)23(21,22)13-8-5-4-6-9-13/h4-6,8-9,14H,2-3,7,10-12H2,1H3,(H,17,20). The molecular formula is C16H22N2O4S. The second-order valence-corrected chi connectivity index (χ2v) is 7.38. The van der Waals surface area contributed by atoms with E-state index in [4.69, 9.17) is 0 Å². The molecule has 1 atom stereocenters. The average Bonchev–Trinajstić information content (AvgIpc) is 2.95. The fraction of sp³-hybridized carbons (Fsp3) is 0.500. The highest BCUT2D eigenvalue weighted by molar-refractivity contribution is 7.89. The molecular weight excluding hydrogens is 316 g/mol. The molecule has 0 aliphatic carbocycles. The summed E-state index contributed by atoms with van der Waals surface area (Å²) in [6.45, 7) is 2.56. The minimum Gasteiger partial charge on any atom is -0.354 e. The molecule has 0 spiro atoms. The van der Waals surface area contributed by atoms with Gasteiger partial charge in [0.1, 0.15) is 6.04 Å². The zero-order valence-electron chi connectivity index (χ0n) is 13.2. The number of hydrogen-bond acceptors (Lipinski definition) is 4. The number of unbranched alkanes of at least 4 members (excludes halogenated alkanes) is 2.